The van der Waals surface area contributed by atoms with Gasteiger partial charge in [-0.2, -0.15) is 0 Å². The molecule has 0 aliphatic carbocycles. The van der Waals surface area contributed by atoms with Gasteiger partial charge in [0.25, 0.3) is 0 Å². The van der Waals surface area contributed by atoms with Gasteiger partial charge in [0, 0.05) is 18.5 Å². The third kappa shape index (κ3) is 3.26. The van der Waals surface area contributed by atoms with E-state index in [0.717, 1.165) is 17.7 Å². The van der Waals surface area contributed by atoms with Gasteiger partial charge in [-0.15, -0.1) is 0 Å². The molecule has 1 aromatic carbocycles. The van der Waals surface area contributed by atoms with Gasteiger partial charge < -0.3 is 19.9 Å². The summed E-state index contributed by atoms with van der Waals surface area (Å²) in [6, 6.07) is 5.69. The van der Waals surface area contributed by atoms with Crippen LogP contribution < -0.4 is 14.8 Å². The van der Waals surface area contributed by atoms with Gasteiger partial charge in [0.2, 0.25) is 6.79 Å². The molecular weight excluding hydrogens is 306 g/mol. The summed E-state index contributed by atoms with van der Waals surface area (Å²) in [6.45, 7) is 7.16. The third-order valence-electron chi connectivity index (χ3n) is 4.94. The highest BCUT2D eigenvalue weighted by Gasteiger charge is 2.43. The quantitative estimate of drug-likeness (QED) is 0.811. The van der Waals surface area contributed by atoms with E-state index in [1.165, 1.54) is 0 Å². The molecule has 130 valence electrons. The van der Waals surface area contributed by atoms with E-state index < -0.39 is 11.9 Å². The van der Waals surface area contributed by atoms with Gasteiger partial charge in [-0.05, 0) is 36.5 Å². The Bertz CT molecular complexity index is 653. The van der Waals surface area contributed by atoms with Gasteiger partial charge in [0.15, 0.2) is 11.5 Å². The molecule has 1 fully saturated rings. The van der Waals surface area contributed by atoms with Crippen LogP contribution in [0, 0.1) is 11.3 Å². The van der Waals surface area contributed by atoms with Crippen LogP contribution in [-0.4, -0.2) is 30.5 Å². The van der Waals surface area contributed by atoms with Crippen LogP contribution in [0.25, 0.3) is 0 Å². The number of benzene rings is 1. The molecular formula is C19H25NO4. The zero-order valence-corrected chi connectivity index (χ0v) is 14.4. The standard InChI is InChI=1S/C19H25NO4/c1-4-7-19(2,3)9-14-17(18(21)22)13(10-20-14)12-5-6-15-16(8-12)24-11-23-15/h4-8,13-14,17,20H,9-11H2,1-3H3,(H,21,22). The van der Waals surface area contributed by atoms with Crippen LogP contribution in [0.4, 0.5) is 0 Å². The monoisotopic (exact) mass is 331 g/mol. The van der Waals surface area contributed by atoms with Crippen molar-refractivity contribution < 1.29 is 19.4 Å². The smallest absolute Gasteiger partial charge is 0.308 e. The molecule has 3 rings (SSSR count). The molecule has 2 heterocycles. The highest BCUT2D eigenvalue weighted by molar-refractivity contribution is 5.73. The van der Waals surface area contributed by atoms with E-state index in [1.807, 2.05) is 31.2 Å². The maximum atomic E-state index is 12.0. The summed E-state index contributed by atoms with van der Waals surface area (Å²) in [5.74, 6) is 0.166. The summed E-state index contributed by atoms with van der Waals surface area (Å²) in [5, 5.41) is 13.3. The van der Waals surface area contributed by atoms with E-state index in [2.05, 4.69) is 25.2 Å². The molecule has 0 saturated carbocycles. The normalized spacial score (nSPS) is 26.2. The van der Waals surface area contributed by atoms with Crippen molar-refractivity contribution in [1.29, 1.82) is 0 Å². The van der Waals surface area contributed by atoms with Crippen molar-refractivity contribution in [2.24, 2.45) is 11.3 Å². The van der Waals surface area contributed by atoms with Crippen LogP contribution in [0.1, 0.15) is 38.7 Å². The first-order valence-electron chi connectivity index (χ1n) is 8.41. The second kappa shape index (κ2) is 6.48. The van der Waals surface area contributed by atoms with Gasteiger partial charge in [-0.1, -0.05) is 32.1 Å². The van der Waals surface area contributed by atoms with Crippen molar-refractivity contribution in [2.75, 3.05) is 13.3 Å². The van der Waals surface area contributed by atoms with Crippen LogP contribution in [0.15, 0.2) is 30.4 Å². The number of carboxylic acids is 1. The molecule has 0 amide bonds. The number of carboxylic acid groups (broad SMARTS) is 1. The molecule has 1 saturated heterocycles. The Kier molecular flexibility index (Phi) is 4.54. The number of allylic oxidation sites excluding steroid dienone is 2. The predicted octanol–water partition coefficient (Wildman–Crippen LogP) is 3.16. The SMILES string of the molecule is CC=CC(C)(C)CC1NCC(c2ccc3c(c2)OCO3)C1C(=O)O. The van der Waals surface area contributed by atoms with Gasteiger partial charge >= 0.3 is 5.97 Å². The second-order valence-corrected chi connectivity index (χ2v) is 7.29. The Hall–Kier alpha value is -2.01. The number of fused-ring (bicyclic) bond motifs is 1. The summed E-state index contributed by atoms with van der Waals surface area (Å²) in [4.78, 5) is 12.0. The van der Waals surface area contributed by atoms with Crippen molar-refractivity contribution >= 4 is 5.97 Å². The molecule has 2 aliphatic heterocycles. The topological polar surface area (TPSA) is 67.8 Å². The molecule has 5 nitrogen and oxygen atoms in total. The zero-order chi connectivity index (χ0) is 17.3. The Balaban J connectivity index is 1.83. The van der Waals surface area contributed by atoms with Crippen molar-refractivity contribution in [3.8, 4) is 11.5 Å². The van der Waals surface area contributed by atoms with E-state index in [9.17, 15) is 9.90 Å². The fraction of sp³-hybridized carbons (Fsp3) is 0.526. The Morgan fingerprint density at radius 3 is 2.83 bits per heavy atom. The second-order valence-electron chi connectivity index (χ2n) is 7.29. The van der Waals surface area contributed by atoms with Gasteiger partial charge in [-0.3, -0.25) is 4.79 Å². The lowest BCUT2D eigenvalue weighted by molar-refractivity contribution is -0.142. The van der Waals surface area contributed by atoms with Crippen LogP contribution in [0.5, 0.6) is 11.5 Å². The number of ether oxygens (including phenoxy) is 2. The minimum absolute atomic E-state index is 0.0378. The van der Waals surface area contributed by atoms with Gasteiger partial charge in [-0.25, -0.2) is 0 Å². The number of rotatable bonds is 5. The Labute approximate surface area is 142 Å². The van der Waals surface area contributed by atoms with Crippen LogP contribution in [0.2, 0.25) is 0 Å². The largest absolute Gasteiger partial charge is 0.481 e. The first-order valence-corrected chi connectivity index (χ1v) is 8.41. The van der Waals surface area contributed by atoms with E-state index in [4.69, 9.17) is 9.47 Å². The molecule has 0 radical (unpaired) electrons. The van der Waals surface area contributed by atoms with Crippen LogP contribution in [-0.2, 0) is 4.79 Å². The molecule has 1 aromatic rings. The number of nitrogens with one attached hydrogen (secondary N) is 1. The lowest BCUT2D eigenvalue weighted by Gasteiger charge is -2.28. The summed E-state index contributed by atoms with van der Waals surface area (Å²) in [6.07, 6.45) is 4.96. The maximum Gasteiger partial charge on any atom is 0.308 e. The van der Waals surface area contributed by atoms with E-state index in [0.29, 0.717) is 12.3 Å². The van der Waals surface area contributed by atoms with E-state index in [1.54, 1.807) is 0 Å². The van der Waals surface area contributed by atoms with E-state index in [-0.39, 0.29) is 24.2 Å². The predicted molar refractivity (Wildman–Crippen MR) is 91.4 cm³/mol. The van der Waals surface area contributed by atoms with E-state index >= 15 is 0 Å². The third-order valence-corrected chi connectivity index (χ3v) is 4.94. The van der Waals surface area contributed by atoms with Crippen molar-refractivity contribution in [3.05, 3.63) is 35.9 Å². The number of hydrogen-bond donors (Lipinski definition) is 2. The molecule has 3 unspecified atom stereocenters. The van der Waals surface area contributed by atoms with Crippen LogP contribution in [0.3, 0.4) is 0 Å². The highest BCUT2D eigenvalue weighted by atomic mass is 16.7. The summed E-state index contributed by atoms with van der Waals surface area (Å²) >= 11 is 0. The fourth-order valence-corrected chi connectivity index (χ4v) is 3.91. The van der Waals surface area contributed by atoms with Gasteiger partial charge in [0.1, 0.15) is 0 Å². The minimum atomic E-state index is -0.746. The molecule has 3 atom stereocenters. The number of carbonyl (C=O) groups is 1. The Morgan fingerprint density at radius 2 is 2.12 bits per heavy atom. The molecule has 5 heteroatoms. The van der Waals surface area contributed by atoms with Gasteiger partial charge in [0.05, 0.1) is 5.92 Å². The van der Waals surface area contributed by atoms with Crippen molar-refractivity contribution in [2.45, 2.75) is 39.2 Å². The first-order chi connectivity index (χ1) is 11.4. The molecule has 0 aromatic heterocycles. The van der Waals surface area contributed by atoms with Crippen LogP contribution >= 0.6 is 0 Å². The molecule has 0 bridgehead atoms. The molecule has 2 aliphatic rings. The van der Waals surface area contributed by atoms with Crippen molar-refractivity contribution in [1.82, 2.24) is 5.32 Å². The fourth-order valence-electron chi connectivity index (χ4n) is 3.91. The van der Waals surface area contributed by atoms with Crippen molar-refractivity contribution in [3.63, 3.8) is 0 Å². The summed E-state index contributed by atoms with van der Waals surface area (Å²) < 4.78 is 10.8. The Morgan fingerprint density at radius 1 is 1.38 bits per heavy atom. The number of hydrogen-bond acceptors (Lipinski definition) is 4. The molecule has 24 heavy (non-hydrogen) atoms. The zero-order valence-electron chi connectivity index (χ0n) is 14.4. The highest BCUT2D eigenvalue weighted by Crippen LogP contribution is 2.41. The average Bonchev–Trinajstić information content (AvgIpc) is 3.11. The summed E-state index contributed by atoms with van der Waals surface area (Å²) in [7, 11) is 0. The maximum absolute atomic E-state index is 12.0. The lowest BCUT2D eigenvalue weighted by atomic mass is 9.78. The number of aliphatic carboxylic acids is 1. The molecule has 0 spiro atoms. The summed E-state index contributed by atoms with van der Waals surface area (Å²) in [5.41, 5.74) is 0.953. The minimum Gasteiger partial charge on any atom is -0.481 e. The first kappa shape index (κ1) is 16.8. The average molecular weight is 331 g/mol. The lowest BCUT2D eigenvalue weighted by Crippen LogP contribution is -2.36. The molecule has 2 N–H and O–H groups in total.